The zero-order valence-corrected chi connectivity index (χ0v) is 12.0. The minimum absolute atomic E-state index is 0.228. The van der Waals surface area contributed by atoms with Gasteiger partial charge in [0.25, 0.3) is 0 Å². The number of fused-ring (bicyclic) bond motifs is 1. The number of piperazine rings is 1. The van der Waals surface area contributed by atoms with E-state index in [1.165, 1.54) is 19.4 Å². The quantitative estimate of drug-likeness (QED) is 0.688. The van der Waals surface area contributed by atoms with E-state index in [1.54, 1.807) is 0 Å². The topological polar surface area (TPSA) is 23.6 Å². The minimum Gasteiger partial charge on any atom is -0.336 e. The minimum atomic E-state index is -0.429. The number of nitrogens with zero attached hydrogens (tertiary/aromatic N) is 2. The fraction of sp³-hybridized carbons (Fsp3) is 0.917. The lowest BCUT2D eigenvalue weighted by atomic mass is 10.1. The lowest BCUT2D eigenvalue weighted by molar-refractivity contribution is -0.138. The first-order valence-corrected chi connectivity index (χ1v) is 6.93. The van der Waals surface area contributed by atoms with Crippen LogP contribution in [0.25, 0.3) is 0 Å². The Hall–Kier alpha value is -0.0900. The smallest absolute Gasteiger partial charge is 0.239 e. The van der Waals surface area contributed by atoms with Gasteiger partial charge in [0.2, 0.25) is 5.91 Å². The van der Waals surface area contributed by atoms with Crippen molar-refractivity contribution in [1.29, 1.82) is 0 Å². The summed E-state index contributed by atoms with van der Waals surface area (Å²) in [4.78, 5) is 16.9. The molecule has 0 aromatic rings. The summed E-state index contributed by atoms with van der Waals surface area (Å²) in [7, 11) is 0. The van der Waals surface area contributed by atoms with Gasteiger partial charge in [0, 0.05) is 25.2 Å². The molecule has 4 heteroatoms. The number of rotatable bonds is 1. The third-order valence-electron chi connectivity index (χ3n) is 3.71. The predicted octanol–water partition coefficient (Wildman–Crippen LogP) is 1.85. The SMILES string of the molecule is CC1CN2CCCC2CN1C(=O)C(C)(C)Br. The van der Waals surface area contributed by atoms with Crippen LogP contribution in [0.4, 0.5) is 0 Å². The third-order valence-corrected chi connectivity index (χ3v) is 4.05. The predicted molar refractivity (Wildman–Crippen MR) is 68.8 cm³/mol. The highest BCUT2D eigenvalue weighted by Gasteiger charge is 2.40. The Morgan fingerprint density at radius 1 is 1.38 bits per heavy atom. The largest absolute Gasteiger partial charge is 0.336 e. The van der Waals surface area contributed by atoms with Gasteiger partial charge in [-0.2, -0.15) is 0 Å². The molecule has 0 aromatic carbocycles. The standard InChI is InChI=1S/C12H21BrN2O/c1-9-7-14-6-4-5-10(14)8-15(9)11(16)12(2,3)13/h9-10H,4-8H2,1-3H3. The van der Waals surface area contributed by atoms with Crippen molar-refractivity contribution in [3.63, 3.8) is 0 Å². The summed E-state index contributed by atoms with van der Waals surface area (Å²) in [5.41, 5.74) is 0. The van der Waals surface area contributed by atoms with Gasteiger partial charge < -0.3 is 4.90 Å². The number of alkyl halides is 1. The number of amides is 1. The zero-order chi connectivity index (χ0) is 11.9. The summed E-state index contributed by atoms with van der Waals surface area (Å²) >= 11 is 3.47. The summed E-state index contributed by atoms with van der Waals surface area (Å²) in [5.74, 6) is 0.228. The normalized spacial score (nSPS) is 31.6. The van der Waals surface area contributed by atoms with Crippen molar-refractivity contribution in [2.24, 2.45) is 0 Å². The molecule has 1 amide bonds. The summed E-state index contributed by atoms with van der Waals surface area (Å²) in [6.45, 7) is 9.20. The molecule has 2 atom stereocenters. The third kappa shape index (κ3) is 2.28. The summed E-state index contributed by atoms with van der Waals surface area (Å²) in [5, 5.41) is 0. The van der Waals surface area contributed by atoms with E-state index in [-0.39, 0.29) is 5.91 Å². The van der Waals surface area contributed by atoms with Crippen LogP contribution in [0.15, 0.2) is 0 Å². The van der Waals surface area contributed by atoms with Crippen LogP contribution in [0.2, 0.25) is 0 Å². The van der Waals surface area contributed by atoms with Crippen molar-refractivity contribution < 1.29 is 4.79 Å². The lowest BCUT2D eigenvalue weighted by Gasteiger charge is -2.44. The average Bonchev–Trinajstić information content (AvgIpc) is 2.60. The van der Waals surface area contributed by atoms with Gasteiger partial charge in [-0.3, -0.25) is 9.69 Å². The molecule has 3 nitrogen and oxygen atoms in total. The zero-order valence-electron chi connectivity index (χ0n) is 10.4. The molecule has 0 saturated carbocycles. The van der Waals surface area contributed by atoms with Crippen LogP contribution in [0.1, 0.15) is 33.6 Å². The fourth-order valence-electron chi connectivity index (χ4n) is 2.81. The van der Waals surface area contributed by atoms with Crippen molar-refractivity contribution in [2.45, 2.75) is 50.0 Å². The molecule has 2 saturated heterocycles. The molecule has 0 aromatic heterocycles. The van der Waals surface area contributed by atoms with Crippen LogP contribution in [0, 0.1) is 0 Å². The molecule has 0 aliphatic carbocycles. The molecule has 2 aliphatic heterocycles. The van der Waals surface area contributed by atoms with E-state index in [1.807, 2.05) is 13.8 Å². The second-order valence-electron chi connectivity index (χ2n) is 5.57. The van der Waals surface area contributed by atoms with Crippen molar-refractivity contribution in [3.8, 4) is 0 Å². The highest BCUT2D eigenvalue weighted by Crippen LogP contribution is 2.28. The maximum absolute atomic E-state index is 12.3. The molecule has 2 fully saturated rings. The first kappa shape index (κ1) is 12.4. The molecule has 0 radical (unpaired) electrons. The molecular formula is C12H21BrN2O. The van der Waals surface area contributed by atoms with Crippen molar-refractivity contribution in [1.82, 2.24) is 9.80 Å². The first-order chi connectivity index (χ1) is 7.39. The molecule has 2 unspecified atom stereocenters. The van der Waals surface area contributed by atoms with E-state index < -0.39 is 4.32 Å². The van der Waals surface area contributed by atoms with Gasteiger partial charge in [0.15, 0.2) is 0 Å². The first-order valence-electron chi connectivity index (χ1n) is 6.13. The molecule has 16 heavy (non-hydrogen) atoms. The van der Waals surface area contributed by atoms with Gasteiger partial charge in [-0.15, -0.1) is 0 Å². The summed E-state index contributed by atoms with van der Waals surface area (Å²) in [6.07, 6.45) is 2.54. The highest BCUT2D eigenvalue weighted by molar-refractivity contribution is 9.10. The Morgan fingerprint density at radius 3 is 2.69 bits per heavy atom. The second kappa shape index (κ2) is 4.30. The number of carbonyl (C=O) groups is 1. The number of carbonyl (C=O) groups excluding carboxylic acids is 1. The fourth-order valence-corrected chi connectivity index (χ4v) is 3.04. The van der Waals surface area contributed by atoms with Gasteiger partial charge >= 0.3 is 0 Å². The Labute approximate surface area is 106 Å². The molecular weight excluding hydrogens is 268 g/mol. The Balaban J connectivity index is 2.08. The van der Waals surface area contributed by atoms with Crippen LogP contribution in [0.5, 0.6) is 0 Å². The average molecular weight is 289 g/mol. The van der Waals surface area contributed by atoms with E-state index in [0.717, 1.165) is 13.1 Å². The molecule has 2 rings (SSSR count). The number of hydrogen-bond acceptors (Lipinski definition) is 2. The Kier molecular flexibility index (Phi) is 3.32. The summed E-state index contributed by atoms with van der Waals surface area (Å²) in [6, 6.07) is 0.952. The van der Waals surface area contributed by atoms with Crippen LogP contribution in [-0.4, -0.2) is 51.7 Å². The van der Waals surface area contributed by atoms with Crippen LogP contribution < -0.4 is 0 Å². The second-order valence-corrected chi connectivity index (χ2v) is 7.55. The van der Waals surface area contributed by atoms with E-state index in [2.05, 4.69) is 32.7 Å². The van der Waals surface area contributed by atoms with Crippen LogP contribution in [-0.2, 0) is 4.79 Å². The Morgan fingerprint density at radius 2 is 2.06 bits per heavy atom. The summed E-state index contributed by atoms with van der Waals surface area (Å²) < 4.78 is -0.429. The van der Waals surface area contributed by atoms with E-state index in [0.29, 0.717) is 12.1 Å². The molecule has 0 bridgehead atoms. The molecule has 92 valence electrons. The number of halogens is 1. The monoisotopic (exact) mass is 288 g/mol. The maximum atomic E-state index is 12.3. The lowest BCUT2D eigenvalue weighted by Crippen LogP contribution is -2.59. The van der Waals surface area contributed by atoms with E-state index in [9.17, 15) is 4.79 Å². The van der Waals surface area contributed by atoms with Crippen molar-refractivity contribution in [2.75, 3.05) is 19.6 Å². The van der Waals surface area contributed by atoms with Crippen molar-refractivity contribution >= 4 is 21.8 Å². The maximum Gasteiger partial charge on any atom is 0.239 e. The Bertz CT molecular complexity index is 287. The molecule has 0 N–H and O–H groups in total. The van der Waals surface area contributed by atoms with Gasteiger partial charge in [0.05, 0.1) is 4.32 Å². The number of hydrogen-bond donors (Lipinski definition) is 0. The van der Waals surface area contributed by atoms with Gasteiger partial charge in [0.1, 0.15) is 0 Å². The van der Waals surface area contributed by atoms with Gasteiger partial charge in [-0.1, -0.05) is 15.9 Å². The molecule has 0 spiro atoms. The van der Waals surface area contributed by atoms with Gasteiger partial charge in [-0.25, -0.2) is 0 Å². The molecule has 2 aliphatic rings. The highest BCUT2D eigenvalue weighted by atomic mass is 79.9. The van der Waals surface area contributed by atoms with Crippen LogP contribution >= 0.6 is 15.9 Å². The van der Waals surface area contributed by atoms with Gasteiger partial charge in [-0.05, 0) is 40.2 Å². The van der Waals surface area contributed by atoms with E-state index in [4.69, 9.17) is 0 Å². The van der Waals surface area contributed by atoms with Crippen molar-refractivity contribution in [3.05, 3.63) is 0 Å². The van der Waals surface area contributed by atoms with Crippen LogP contribution in [0.3, 0.4) is 0 Å². The molecule has 2 heterocycles. The van der Waals surface area contributed by atoms with E-state index >= 15 is 0 Å².